The van der Waals surface area contributed by atoms with Gasteiger partial charge in [-0.2, -0.15) is 0 Å². The number of hydrogen-bond donors (Lipinski definition) is 1. The zero-order valence-electron chi connectivity index (χ0n) is 18.2. The smallest absolute Gasteiger partial charge is 0.148 e. The lowest BCUT2D eigenvalue weighted by molar-refractivity contribution is -0.104. The number of hydrogen-bond acceptors (Lipinski definition) is 6. The molecule has 1 saturated heterocycles. The van der Waals surface area contributed by atoms with Crippen molar-refractivity contribution in [3.63, 3.8) is 0 Å². The van der Waals surface area contributed by atoms with Crippen LogP contribution in [0.5, 0.6) is 5.75 Å². The molecule has 1 fully saturated rings. The summed E-state index contributed by atoms with van der Waals surface area (Å²) >= 11 is 11.5. The normalized spacial score (nSPS) is 16.9. The molecule has 0 saturated carbocycles. The Morgan fingerprint density at radius 1 is 1.18 bits per heavy atom. The lowest BCUT2D eigenvalue weighted by atomic mass is 9.97. The highest BCUT2D eigenvalue weighted by Gasteiger charge is 2.32. The summed E-state index contributed by atoms with van der Waals surface area (Å²) in [5.74, 6) is 0.313. The molecule has 3 aromatic rings. The van der Waals surface area contributed by atoms with Gasteiger partial charge in [0.1, 0.15) is 17.9 Å². The number of anilines is 1. The van der Waals surface area contributed by atoms with Gasteiger partial charge in [-0.15, -0.1) is 0 Å². The lowest BCUT2D eigenvalue weighted by Gasteiger charge is -2.40. The van der Waals surface area contributed by atoms with Crippen molar-refractivity contribution in [1.82, 2.24) is 9.91 Å². The Labute approximate surface area is 214 Å². The number of hydrazine groups is 1. The molecule has 2 aliphatic heterocycles. The molecule has 176 valence electrons. The molecule has 5 nitrogen and oxygen atoms in total. The average molecular weight is 563 g/mol. The Morgan fingerprint density at radius 3 is 2.68 bits per heavy atom. The summed E-state index contributed by atoms with van der Waals surface area (Å²) in [5, 5.41) is 17.1. The molecule has 0 unspecified atom stereocenters. The third kappa shape index (κ3) is 4.28. The number of halogens is 3. The number of piperazine rings is 1. The van der Waals surface area contributed by atoms with Crippen LogP contribution in [-0.4, -0.2) is 58.7 Å². The fraction of sp³-hybridized carbons (Fsp3) is 0.240. The first kappa shape index (κ1) is 23.5. The molecular formula is C25H22BrClFN3O2S. The van der Waals surface area contributed by atoms with Crippen LogP contribution in [0.2, 0.25) is 5.02 Å². The van der Waals surface area contributed by atoms with E-state index in [-0.39, 0.29) is 11.6 Å². The molecule has 0 radical (unpaired) electrons. The van der Waals surface area contributed by atoms with Crippen molar-refractivity contribution in [1.29, 1.82) is 0 Å². The van der Waals surface area contributed by atoms with E-state index < -0.39 is 0 Å². The van der Waals surface area contributed by atoms with E-state index in [0.29, 0.717) is 37.8 Å². The van der Waals surface area contributed by atoms with E-state index in [9.17, 15) is 9.90 Å². The summed E-state index contributed by atoms with van der Waals surface area (Å²) < 4.78 is 15.9. The monoisotopic (exact) mass is 561 g/mol. The van der Waals surface area contributed by atoms with Crippen LogP contribution in [0.25, 0.3) is 21.9 Å². The molecule has 2 aliphatic rings. The first-order valence-electron chi connectivity index (χ1n) is 10.9. The highest BCUT2D eigenvalue weighted by molar-refractivity contribution is 9.09. The van der Waals surface area contributed by atoms with E-state index in [0.717, 1.165) is 48.9 Å². The van der Waals surface area contributed by atoms with Crippen LogP contribution >= 0.6 is 39.3 Å². The van der Waals surface area contributed by atoms with E-state index in [2.05, 4.69) is 30.8 Å². The van der Waals surface area contributed by atoms with Crippen LogP contribution in [0.1, 0.15) is 0 Å². The Balaban J connectivity index is 1.46. The van der Waals surface area contributed by atoms with Crippen LogP contribution in [0.4, 0.5) is 10.1 Å². The first-order valence-corrected chi connectivity index (χ1v) is 13.3. The number of alkyl halides is 1. The molecule has 0 aliphatic carbocycles. The van der Waals surface area contributed by atoms with Crippen LogP contribution in [0.3, 0.4) is 0 Å². The molecule has 3 aromatic carbocycles. The number of carbonyl (C=O) groups excluding carboxylic acids is 1. The molecule has 9 heteroatoms. The van der Waals surface area contributed by atoms with E-state index in [1.807, 2.05) is 36.5 Å². The molecule has 0 amide bonds. The van der Waals surface area contributed by atoms with Gasteiger partial charge in [0.2, 0.25) is 0 Å². The van der Waals surface area contributed by atoms with Crippen molar-refractivity contribution < 1.29 is 14.3 Å². The van der Waals surface area contributed by atoms with Gasteiger partial charge in [0.15, 0.2) is 0 Å². The number of thioether (sulfide) groups is 1. The minimum atomic E-state index is -0.361. The Kier molecular flexibility index (Phi) is 6.75. The fourth-order valence-electron chi connectivity index (χ4n) is 4.51. The van der Waals surface area contributed by atoms with E-state index >= 15 is 4.39 Å². The Hall–Kier alpha value is -2.26. The fourth-order valence-corrected chi connectivity index (χ4v) is 6.17. The number of aldehydes is 1. The van der Waals surface area contributed by atoms with Crippen LogP contribution in [0.15, 0.2) is 59.1 Å². The molecule has 1 N–H and O–H groups in total. The number of phenols is 1. The van der Waals surface area contributed by atoms with Gasteiger partial charge in [0.05, 0.1) is 21.5 Å². The van der Waals surface area contributed by atoms with Gasteiger partial charge in [-0.3, -0.25) is 9.80 Å². The summed E-state index contributed by atoms with van der Waals surface area (Å²) in [6.07, 6.45) is 2.76. The molecule has 0 atom stereocenters. The van der Waals surface area contributed by atoms with Crippen molar-refractivity contribution in [2.24, 2.45) is 0 Å². The average Bonchev–Trinajstić information content (AvgIpc) is 3.26. The number of carbonyl (C=O) groups is 1. The Morgan fingerprint density at radius 2 is 1.94 bits per heavy atom. The molecule has 0 bridgehead atoms. The standard InChI is InChI=1S/C25H22BrClFN3O2S/c26-12-16(14-32)13-29-5-7-30(8-6-29)31-15-34-25-22(31)11-21(27)23(24(25)28)20-10-18(33)9-17-3-1-2-4-19(17)20/h1-4,9-11,13-14,33H,5-8,12,15H2. The summed E-state index contributed by atoms with van der Waals surface area (Å²) in [5.41, 5.74) is 2.36. The Bertz CT molecular complexity index is 1300. The van der Waals surface area contributed by atoms with E-state index in [4.69, 9.17) is 11.6 Å². The number of phenolic OH excluding ortho intramolecular Hbond substituents is 1. The third-order valence-corrected chi connectivity index (χ3v) is 8.16. The summed E-state index contributed by atoms with van der Waals surface area (Å²) in [7, 11) is 0. The van der Waals surface area contributed by atoms with E-state index in [1.165, 1.54) is 11.8 Å². The minimum absolute atomic E-state index is 0.0727. The predicted molar refractivity (Wildman–Crippen MR) is 140 cm³/mol. The molecule has 2 heterocycles. The van der Waals surface area contributed by atoms with Gasteiger partial charge in [-0.05, 0) is 34.5 Å². The van der Waals surface area contributed by atoms with Crippen LogP contribution in [-0.2, 0) is 4.79 Å². The van der Waals surface area contributed by atoms with Gasteiger partial charge in [0.25, 0.3) is 0 Å². The second-order valence-corrected chi connectivity index (χ2v) is 10.2. The highest BCUT2D eigenvalue weighted by Crippen LogP contribution is 2.48. The van der Waals surface area contributed by atoms with E-state index in [1.54, 1.807) is 12.1 Å². The quantitative estimate of drug-likeness (QED) is 0.238. The van der Waals surface area contributed by atoms with Crippen molar-refractivity contribution in [3.8, 4) is 16.9 Å². The van der Waals surface area contributed by atoms with Crippen molar-refractivity contribution >= 4 is 62.0 Å². The first-order chi connectivity index (χ1) is 16.5. The van der Waals surface area contributed by atoms with Crippen LogP contribution in [0, 0.1) is 5.82 Å². The number of benzene rings is 3. The SMILES string of the molecule is O=CC(=CN1CCN(N2CSc3c2cc(Cl)c(-c2cc(O)cc4ccccc24)c3F)CC1)CBr. The predicted octanol–water partition coefficient (Wildman–Crippen LogP) is 5.88. The van der Waals surface area contributed by atoms with Gasteiger partial charge < -0.3 is 10.0 Å². The van der Waals surface area contributed by atoms with Crippen molar-refractivity contribution in [3.05, 3.63) is 65.1 Å². The molecule has 5 rings (SSSR count). The highest BCUT2D eigenvalue weighted by atomic mass is 79.9. The lowest BCUT2D eigenvalue weighted by Crippen LogP contribution is -2.52. The van der Waals surface area contributed by atoms with Gasteiger partial charge in [-0.25, -0.2) is 9.40 Å². The maximum absolute atomic E-state index is 15.9. The number of nitrogens with zero attached hydrogens (tertiary/aromatic N) is 3. The molecule has 0 spiro atoms. The van der Waals surface area contributed by atoms with Gasteiger partial charge in [-0.1, -0.05) is 63.6 Å². The largest absolute Gasteiger partial charge is 0.508 e. The molecule has 34 heavy (non-hydrogen) atoms. The molecule has 0 aromatic heterocycles. The number of allylic oxidation sites excluding steroid dienone is 1. The van der Waals surface area contributed by atoms with Crippen molar-refractivity contribution in [2.75, 3.05) is 42.4 Å². The minimum Gasteiger partial charge on any atom is -0.508 e. The number of rotatable bonds is 5. The molecular weight excluding hydrogens is 541 g/mol. The zero-order chi connectivity index (χ0) is 23.8. The summed E-state index contributed by atoms with van der Waals surface area (Å²) in [4.78, 5) is 13.8. The number of fused-ring (bicyclic) bond motifs is 2. The second kappa shape index (κ2) is 9.77. The topological polar surface area (TPSA) is 47.0 Å². The van der Waals surface area contributed by atoms with Crippen molar-refractivity contribution in [2.45, 2.75) is 4.90 Å². The van der Waals surface area contributed by atoms with Gasteiger partial charge in [0, 0.05) is 48.8 Å². The second-order valence-electron chi connectivity index (χ2n) is 8.23. The third-order valence-electron chi connectivity index (χ3n) is 6.17. The van der Waals surface area contributed by atoms with Crippen LogP contribution < -0.4 is 5.01 Å². The zero-order valence-corrected chi connectivity index (χ0v) is 21.3. The summed E-state index contributed by atoms with van der Waals surface area (Å²) in [6.45, 7) is 3.04. The number of aromatic hydroxyl groups is 1. The summed E-state index contributed by atoms with van der Waals surface area (Å²) in [6, 6.07) is 12.6. The maximum Gasteiger partial charge on any atom is 0.148 e. The maximum atomic E-state index is 15.9. The van der Waals surface area contributed by atoms with Gasteiger partial charge >= 0.3 is 0 Å².